The van der Waals surface area contributed by atoms with Gasteiger partial charge in [0.1, 0.15) is 11.9 Å². The summed E-state index contributed by atoms with van der Waals surface area (Å²) in [6, 6.07) is 3.67. The number of nitriles is 1. The number of anilines is 1. The maximum absolute atomic E-state index is 11.6. The number of piperazine rings is 1. The number of ether oxygens (including phenoxy) is 1. The Morgan fingerprint density at radius 3 is 3.00 bits per heavy atom. The summed E-state index contributed by atoms with van der Waals surface area (Å²) in [4.78, 5) is 24.5. The monoisotopic (exact) mass is 513 g/mol. The van der Waals surface area contributed by atoms with E-state index in [2.05, 4.69) is 26.2 Å². The second-order valence-corrected chi connectivity index (χ2v) is 9.80. The van der Waals surface area contributed by atoms with E-state index in [0.717, 1.165) is 33.4 Å². The highest BCUT2D eigenvalue weighted by Gasteiger charge is 2.35. The van der Waals surface area contributed by atoms with Crippen LogP contribution >= 0.6 is 23.4 Å². The Morgan fingerprint density at radius 1 is 1.43 bits per heavy atom. The van der Waals surface area contributed by atoms with Crippen molar-refractivity contribution in [3.05, 3.63) is 34.0 Å². The van der Waals surface area contributed by atoms with Gasteiger partial charge in [0.05, 0.1) is 40.8 Å². The van der Waals surface area contributed by atoms with Gasteiger partial charge in [-0.3, -0.25) is 5.10 Å². The number of nitrogens with one attached hydrogen (secondary N) is 1. The van der Waals surface area contributed by atoms with Crippen LogP contribution in [0.5, 0.6) is 5.88 Å². The van der Waals surface area contributed by atoms with E-state index in [1.165, 1.54) is 16.7 Å². The van der Waals surface area contributed by atoms with E-state index in [4.69, 9.17) is 21.3 Å². The maximum atomic E-state index is 11.6. The van der Waals surface area contributed by atoms with Crippen molar-refractivity contribution in [2.24, 2.45) is 0 Å². The van der Waals surface area contributed by atoms with Crippen molar-refractivity contribution in [1.29, 1.82) is 5.26 Å². The topological polar surface area (TPSA) is 131 Å². The third kappa shape index (κ3) is 4.21. The summed E-state index contributed by atoms with van der Waals surface area (Å²) in [6.45, 7) is 3.13. The van der Waals surface area contributed by atoms with Crippen molar-refractivity contribution in [3.63, 3.8) is 0 Å². The van der Waals surface area contributed by atoms with Gasteiger partial charge in [0.15, 0.2) is 5.16 Å². The van der Waals surface area contributed by atoms with Crippen LogP contribution in [0.25, 0.3) is 10.9 Å². The predicted molar refractivity (Wildman–Crippen MR) is 132 cm³/mol. The first-order chi connectivity index (χ1) is 16.9. The first kappa shape index (κ1) is 23.5. The number of nitrogens with zero attached hydrogens (tertiary/aromatic N) is 6. The lowest BCUT2D eigenvalue weighted by atomic mass is 9.95. The van der Waals surface area contributed by atoms with E-state index in [0.29, 0.717) is 48.5 Å². The summed E-state index contributed by atoms with van der Waals surface area (Å²) in [6.07, 6.45) is 3.85. The quantitative estimate of drug-likeness (QED) is 0.389. The molecular weight excluding hydrogens is 490 g/mol. The lowest BCUT2D eigenvalue weighted by Gasteiger charge is -2.40. The molecule has 35 heavy (non-hydrogen) atoms. The molecule has 2 aromatic heterocycles. The number of aromatic amines is 1. The summed E-state index contributed by atoms with van der Waals surface area (Å²) >= 11 is 8.16. The number of thioether (sulfide) groups is 1. The molecule has 1 saturated heterocycles. The molecule has 0 bridgehead atoms. The van der Waals surface area contributed by atoms with Crippen LogP contribution in [0.15, 0.2) is 17.4 Å². The standard InChI is InChI=1S/C23H24ClN7O3S/c1-12-9-16-15(10-26-29-16)18(19(12)24)17-4-3-14-20(27-22(35-2)28-21(14)34-17)30-7-8-31(23(32)33)13(11-30)5-6-25/h9-10,13,17H,3-5,7-8,11H2,1-2H3,(H,26,29)(H,32,33)/t13-,17?/m0/s1. The van der Waals surface area contributed by atoms with Crippen LogP contribution in [-0.4, -0.2) is 68.2 Å². The van der Waals surface area contributed by atoms with Crippen LogP contribution in [0.3, 0.4) is 0 Å². The van der Waals surface area contributed by atoms with Crippen LogP contribution in [-0.2, 0) is 6.42 Å². The molecule has 1 aromatic carbocycles. The molecule has 3 aromatic rings. The highest BCUT2D eigenvalue weighted by Crippen LogP contribution is 2.43. The van der Waals surface area contributed by atoms with Gasteiger partial charge < -0.3 is 19.6 Å². The molecule has 2 aliphatic rings. The van der Waals surface area contributed by atoms with E-state index in [9.17, 15) is 15.2 Å². The molecule has 10 nitrogen and oxygen atoms in total. The molecule has 182 valence electrons. The van der Waals surface area contributed by atoms with E-state index in [1.807, 2.05) is 19.2 Å². The Bertz CT molecular complexity index is 1340. The highest BCUT2D eigenvalue weighted by atomic mass is 35.5. The first-order valence-corrected chi connectivity index (χ1v) is 12.9. The number of fused-ring (bicyclic) bond motifs is 2. The first-order valence-electron chi connectivity index (χ1n) is 11.3. The number of amides is 1. The van der Waals surface area contributed by atoms with Crippen molar-refractivity contribution in [2.75, 3.05) is 30.8 Å². The van der Waals surface area contributed by atoms with Gasteiger partial charge in [0.2, 0.25) is 5.88 Å². The SMILES string of the molecule is CSc1nc2c(c(N3CCN(C(=O)O)[C@@H](CC#N)C3)n1)CCC(c1c(Cl)c(C)cc3[nH]ncc13)O2. The highest BCUT2D eigenvalue weighted by molar-refractivity contribution is 7.98. The van der Waals surface area contributed by atoms with Gasteiger partial charge in [-0.2, -0.15) is 15.3 Å². The number of aryl methyl sites for hydroxylation is 1. The number of rotatable bonds is 4. The van der Waals surface area contributed by atoms with Gasteiger partial charge in [-0.15, -0.1) is 0 Å². The molecule has 4 heterocycles. The minimum atomic E-state index is -1.01. The van der Waals surface area contributed by atoms with Gasteiger partial charge in [-0.1, -0.05) is 23.4 Å². The minimum absolute atomic E-state index is 0.122. The number of carboxylic acid groups (broad SMARTS) is 1. The Hall–Kier alpha value is -3.23. The molecule has 2 atom stereocenters. The lowest BCUT2D eigenvalue weighted by Crippen LogP contribution is -2.55. The molecule has 0 radical (unpaired) electrons. The van der Waals surface area contributed by atoms with Gasteiger partial charge in [-0.05, 0) is 37.7 Å². The number of H-pyrrole nitrogens is 1. The molecule has 0 spiro atoms. The Balaban J connectivity index is 1.50. The Labute approximate surface area is 211 Å². The van der Waals surface area contributed by atoms with Crippen molar-refractivity contribution in [1.82, 2.24) is 25.1 Å². The molecule has 5 rings (SSSR count). The van der Waals surface area contributed by atoms with Crippen LogP contribution in [0.1, 0.15) is 35.6 Å². The van der Waals surface area contributed by atoms with E-state index in [1.54, 1.807) is 6.20 Å². The average Bonchev–Trinajstić information content (AvgIpc) is 3.31. The zero-order chi connectivity index (χ0) is 24.7. The van der Waals surface area contributed by atoms with Gasteiger partial charge in [0.25, 0.3) is 0 Å². The smallest absolute Gasteiger partial charge is 0.407 e. The Kier molecular flexibility index (Phi) is 6.34. The normalized spacial score (nSPS) is 19.8. The molecule has 1 amide bonds. The second kappa shape index (κ2) is 9.43. The number of hydrogen-bond acceptors (Lipinski definition) is 8. The number of aromatic nitrogens is 4. The zero-order valence-corrected chi connectivity index (χ0v) is 20.9. The fraction of sp³-hybridized carbons (Fsp3) is 0.435. The molecule has 1 fully saturated rings. The molecule has 0 aliphatic carbocycles. The molecule has 2 N–H and O–H groups in total. The summed E-state index contributed by atoms with van der Waals surface area (Å²) in [7, 11) is 0. The molecule has 0 saturated carbocycles. The molecular formula is C23H24ClN7O3S. The Morgan fingerprint density at radius 2 is 2.26 bits per heavy atom. The minimum Gasteiger partial charge on any atom is -0.469 e. The van der Waals surface area contributed by atoms with Crippen LogP contribution in [0.2, 0.25) is 5.02 Å². The van der Waals surface area contributed by atoms with Crippen molar-refractivity contribution >= 4 is 46.2 Å². The fourth-order valence-corrected chi connectivity index (χ4v) is 5.53. The summed E-state index contributed by atoms with van der Waals surface area (Å²) in [5.74, 6) is 1.26. The molecule has 2 aliphatic heterocycles. The largest absolute Gasteiger partial charge is 0.469 e. The zero-order valence-electron chi connectivity index (χ0n) is 19.3. The van der Waals surface area contributed by atoms with Crippen molar-refractivity contribution < 1.29 is 14.6 Å². The van der Waals surface area contributed by atoms with Gasteiger partial charge in [0, 0.05) is 30.6 Å². The molecule has 12 heteroatoms. The van der Waals surface area contributed by atoms with E-state index >= 15 is 0 Å². The fourth-order valence-electron chi connectivity index (χ4n) is 4.90. The number of halogens is 1. The van der Waals surface area contributed by atoms with Gasteiger partial charge in [-0.25, -0.2) is 9.78 Å². The summed E-state index contributed by atoms with van der Waals surface area (Å²) < 4.78 is 6.46. The summed E-state index contributed by atoms with van der Waals surface area (Å²) in [5.41, 5.74) is 3.65. The number of hydrogen-bond donors (Lipinski definition) is 2. The predicted octanol–water partition coefficient (Wildman–Crippen LogP) is 4.19. The third-order valence-electron chi connectivity index (χ3n) is 6.60. The third-order valence-corrected chi connectivity index (χ3v) is 7.65. The lowest BCUT2D eigenvalue weighted by molar-refractivity contribution is 0.118. The summed E-state index contributed by atoms with van der Waals surface area (Å²) in [5, 5.41) is 28.1. The number of benzene rings is 1. The van der Waals surface area contributed by atoms with Crippen molar-refractivity contribution in [2.45, 2.75) is 43.5 Å². The van der Waals surface area contributed by atoms with Crippen LogP contribution in [0, 0.1) is 18.3 Å². The second-order valence-electron chi connectivity index (χ2n) is 8.65. The van der Waals surface area contributed by atoms with Gasteiger partial charge >= 0.3 is 6.09 Å². The van der Waals surface area contributed by atoms with E-state index in [-0.39, 0.29) is 12.5 Å². The average molecular weight is 514 g/mol. The molecule has 1 unspecified atom stereocenters. The maximum Gasteiger partial charge on any atom is 0.407 e. The number of carbonyl (C=O) groups is 1. The van der Waals surface area contributed by atoms with Crippen LogP contribution < -0.4 is 9.64 Å². The van der Waals surface area contributed by atoms with Crippen LogP contribution in [0.4, 0.5) is 10.6 Å². The van der Waals surface area contributed by atoms with Crippen molar-refractivity contribution in [3.8, 4) is 11.9 Å². The van der Waals surface area contributed by atoms with E-state index < -0.39 is 12.1 Å².